The summed E-state index contributed by atoms with van der Waals surface area (Å²) in [6.07, 6.45) is 9.33. The predicted molar refractivity (Wildman–Crippen MR) is 68.4 cm³/mol. The number of rotatable bonds is 7. The van der Waals surface area contributed by atoms with Crippen LogP contribution in [0.2, 0.25) is 0 Å². The molecule has 0 amide bonds. The first-order chi connectivity index (χ1) is 7.48. The lowest BCUT2D eigenvalue weighted by Gasteiger charge is -2.05. The van der Waals surface area contributed by atoms with Gasteiger partial charge in [-0.25, -0.2) is 12.7 Å². The second-order valence-corrected chi connectivity index (χ2v) is 6.05. The SMILES string of the molecule is CCCCCCCCC#CN(C)S(C)(=O)=O. The number of hydrogen-bond acceptors (Lipinski definition) is 2. The average Bonchev–Trinajstić information content (AvgIpc) is 2.20. The molecule has 0 saturated heterocycles. The highest BCUT2D eigenvalue weighted by Gasteiger charge is 2.04. The zero-order valence-electron chi connectivity index (χ0n) is 10.6. The molecule has 0 atom stereocenters. The first-order valence-corrected chi connectivity index (χ1v) is 7.75. The van der Waals surface area contributed by atoms with Crippen LogP contribution in [-0.4, -0.2) is 26.0 Å². The van der Waals surface area contributed by atoms with Crippen molar-refractivity contribution in [3.8, 4) is 12.0 Å². The maximum absolute atomic E-state index is 11.0. The Bertz CT molecular complexity index is 325. The summed E-state index contributed by atoms with van der Waals surface area (Å²) in [6.45, 7) is 2.20. The van der Waals surface area contributed by atoms with Crippen molar-refractivity contribution in [2.24, 2.45) is 0 Å². The molecule has 0 aromatic rings. The van der Waals surface area contributed by atoms with Crippen molar-refractivity contribution in [2.75, 3.05) is 13.3 Å². The summed E-state index contributed by atoms with van der Waals surface area (Å²) in [5, 5.41) is 0. The number of sulfonamides is 1. The predicted octanol–water partition coefficient (Wildman–Crippen LogP) is 2.59. The zero-order valence-corrected chi connectivity index (χ0v) is 11.4. The largest absolute Gasteiger partial charge is 0.238 e. The van der Waals surface area contributed by atoms with E-state index in [1.54, 1.807) is 0 Å². The third-order valence-electron chi connectivity index (χ3n) is 2.39. The van der Waals surface area contributed by atoms with Gasteiger partial charge in [-0.1, -0.05) is 44.9 Å². The summed E-state index contributed by atoms with van der Waals surface area (Å²) in [6, 6.07) is 2.62. The third kappa shape index (κ3) is 8.60. The molecule has 0 heterocycles. The summed E-state index contributed by atoms with van der Waals surface area (Å²) in [5.41, 5.74) is 0. The Hall–Kier alpha value is -0.690. The van der Waals surface area contributed by atoms with E-state index in [1.165, 1.54) is 39.2 Å². The van der Waals surface area contributed by atoms with Gasteiger partial charge in [0.25, 0.3) is 0 Å². The van der Waals surface area contributed by atoms with Crippen LogP contribution in [0.1, 0.15) is 51.9 Å². The molecule has 0 radical (unpaired) electrons. The van der Waals surface area contributed by atoms with Crippen LogP contribution in [0.5, 0.6) is 0 Å². The lowest BCUT2D eigenvalue weighted by Crippen LogP contribution is -2.19. The monoisotopic (exact) mass is 245 g/mol. The van der Waals surface area contributed by atoms with Crippen molar-refractivity contribution in [3.05, 3.63) is 0 Å². The zero-order chi connectivity index (χ0) is 12.4. The lowest BCUT2D eigenvalue weighted by molar-refractivity contribution is 0.553. The van der Waals surface area contributed by atoms with Crippen LogP contribution in [-0.2, 0) is 10.0 Å². The maximum atomic E-state index is 11.0. The van der Waals surface area contributed by atoms with Crippen molar-refractivity contribution >= 4 is 10.0 Å². The molecule has 0 aromatic carbocycles. The fraction of sp³-hybridized carbons (Fsp3) is 0.833. The molecule has 0 rings (SSSR count). The minimum Gasteiger partial charge on any atom is -0.232 e. The standard InChI is InChI=1S/C12H23NO2S/c1-4-5-6-7-8-9-10-11-12-13(2)16(3,14)15/h4-10H2,1-3H3. The van der Waals surface area contributed by atoms with E-state index in [4.69, 9.17) is 0 Å². The Balaban J connectivity index is 3.56. The van der Waals surface area contributed by atoms with Gasteiger partial charge in [0.1, 0.15) is 0 Å². The van der Waals surface area contributed by atoms with Crippen molar-refractivity contribution in [1.29, 1.82) is 0 Å². The Labute approximate surface area is 100 Å². The summed E-state index contributed by atoms with van der Waals surface area (Å²) >= 11 is 0. The van der Waals surface area contributed by atoms with Gasteiger partial charge in [0.2, 0.25) is 10.0 Å². The van der Waals surface area contributed by atoms with Crippen molar-refractivity contribution in [2.45, 2.75) is 51.9 Å². The molecule has 0 bridgehead atoms. The van der Waals surface area contributed by atoms with Crippen molar-refractivity contribution < 1.29 is 8.42 Å². The molecular formula is C12H23NO2S. The van der Waals surface area contributed by atoms with E-state index in [0.717, 1.165) is 23.4 Å². The molecule has 0 N–H and O–H groups in total. The molecule has 4 heteroatoms. The Morgan fingerprint density at radius 3 is 2.19 bits per heavy atom. The van der Waals surface area contributed by atoms with Crippen molar-refractivity contribution in [3.63, 3.8) is 0 Å². The van der Waals surface area contributed by atoms with Gasteiger partial charge in [0, 0.05) is 19.5 Å². The van der Waals surface area contributed by atoms with E-state index in [9.17, 15) is 8.42 Å². The van der Waals surface area contributed by atoms with Gasteiger partial charge < -0.3 is 0 Å². The van der Waals surface area contributed by atoms with Gasteiger partial charge >= 0.3 is 0 Å². The Kier molecular flexibility index (Phi) is 8.10. The summed E-state index contributed by atoms with van der Waals surface area (Å²) in [4.78, 5) is 0. The Morgan fingerprint density at radius 2 is 1.62 bits per heavy atom. The van der Waals surface area contributed by atoms with Gasteiger partial charge in [0.05, 0.1) is 6.26 Å². The molecular weight excluding hydrogens is 222 g/mol. The molecule has 0 aliphatic rings. The average molecular weight is 245 g/mol. The van der Waals surface area contributed by atoms with E-state index in [-0.39, 0.29) is 0 Å². The van der Waals surface area contributed by atoms with Gasteiger partial charge in [0.15, 0.2) is 0 Å². The number of hydrogen-bond donors (Lipinski definition) is 0. The van der Waals surface area contributed by atoms with Crippen LogP contribution in [0.25, 0.3) is 0 Å². The second-order valence-electron chi connectivity index (χ2n) is 4.04. The van der Waals surface area contributed by atoms with Gasteiger partial charge in [-0.2, -0.15) is 0 Å². The van der Waals surface area contributed by atoms with E-state index in [1.807, 2.05) is 0 Å². The molecule has 0 aliphatic carbocycles. The highest BCUT2D eigenvalue weighted by atomic mass is 32.2. The van der Waals surface area contributed by atoms with Crippen molar-refractivity contribution in [1.82, 2.24) is 4.31 Å². The van der Waals surface area contributed by atoms with Gasteiger partial charge in [-0.15, -0.1) is 0 Å². The number of nitrogens with zero attached hydrogens (tertiary/aromatic N) is 1. The minimum absolute atomic E-state index is 0.784. The molecule has 0 aromatic heterocycles. The molecule has 0 aliphatic heterocycles. The quantitative estimate of drug-likeness (QED) is 0.393. The van der Waals surface area contributed by atoms with E-state index >= 15 is 0 Å². The molecule has 0 saturated carbocycles. The lowest BCUT2D eigenvalue weighted by atomic mass is 10.1. The first kappa shape index (κ1) is 15.3. The molecule has 0 fully saturated rings. The highest BCUT2D eigenvalue weighted by molar-refractivity contribution is 7.88. The molecule has 0 spiro atoms. The molecule has 0 unspecified atom stereocenters. The molecule has 16 heavy (non-hydrogen) atoms. The smallest absolute Gasteiger partial charge is 0.232 e. The normalized spacial score (nSPS) is 10.7. The molecule has 3 nitrogen and oxygen atoms in total. The van der Waals surface area contributed by atoms with Crippen LogP contribution in [0, 0.1) is 12.0 Å². The molecule has 94 valence electrons. The second kappa shape index (κ2) is 8.46. The fourth-order valence-corrected chi connectivity index (χ4v) is 1.47. The summed E-state index contributed by atoms with van der Waals surface area (Å²) in [7, 11) is -1.67. The van der Waals surface area contributed by atoms with E-state index < -0.39 is 10.0 Å². The maximum Gasteiger partial charge on any atom is 0.238 e. The highest BCUT2D eigenvalue weighted by Crippen LogP contribution is 2.06. The Morgan fingerprint density at radius 1 is 1.06 bits per heavy atom. The summed E-state index contributed by atoms with van der Waals surface area (Å²) < 4.78 is 23.1. The summed E-state index contributed by atoms with van der Waals surface area (Å²) in [5.74, 6) is 2.88. The van der Waals surface area contributed by atoms with Crippen LogP contribution in [0.15, 0.2) is 0 Å². The van der Waals surface area contributed by atoms with Gasteiger partial charge in [-0.3, -0.25) is 0 Å². The first-order valence-electron chi connectivity index (χ1n) is 5.91. The van der Waals surface area contributed by atoms with Crippen LogP contribution in [0.3, 0.4) is 0 Å². The number of unbranched alkanes of at least 4 members (excludes halogenated alkanes) is 6. The fourth-order valence-electron chi connectivity index (χ4n) is 1.24. The van der Waals surface area contributed by atoms with Gasteiger partial charge in [-0.05, 0) is 6.42 Å². The van der Waals surface area contributed by atoms with E-state index in [2.05, 4.69) is 18.9 Å². The van der Waals surface area contributed by atoms with Crippen LogP contribution < -0.4 is 0 Å². The minimum atomic E-state index is -3.15. The topological polar surface area (TPSA) is 37.4 Å². The van der Waals surface area contributed by atoms with E-state index in [0.29, 0.717) is 0 Å². The third-order valence-corrected chi connectivity index (χ3v) is 3.48. The van der Waals surface area contributed by atoms with Crippen LogP contribution >= 0.6 is 0 Å². The van der Waals surface area contributed by atoms with Crippen LogP contribution in [0.4, 0.5) is 0 Å².